The van der Waals surface area contributed by atoms with Crippen molar-refractivity contribution in [3.63, 3.8) is 0 Å². The SMILES string of the molecule is CCCN(CCC1CCC1)c1ccccc1Nc1cc(NCc2ccccc2)c(C(N)=O)cn1. The molecule has 0 saturated heterocycles. The Bertz CT molecular complexity index is 1080. The molecule has 2 aromatic carbocycles. The lowest BCUT2D eigenvalue weighted by Gasteiger charge is -2.31. The molecule has 1 aliphatic carbocycles. The molecule has 1 heterocycles. The summed E-state index contributed by atoms with van der Waals surface area (Å²) in [6.07, 6.45) is 8.00. The van der Waals surface area contributed by atoms with Gasteiger partial charge < -0.3 is 21.3 Å². The smallest absolute Gasteiger partial charge is 0.252 e. The highest BCUT2D eigenvalue weighted by Crippen LogP contribution is 2.33. The Labute approximate surface area is 202 Å². The van der Waals surface area contributed by atoms with Gasteiger partial charge in [0.2, 0.25) is 0 Å². The molecule has 178 valence electrons. The van der Waals surface area contributed by atoms with E-state index in [1.807, 2.05) is 42.5 Å². The van der Waals surface area contributed by atoms with E-state index in [9.17, 15) is 4.79 Å². The van der Waals surface area contributed by atoms with Crippen LogP contribution in [0.25, 0.3) is 0 Å². The average molecular weight is 458 g/mol. The Morgan fingerprint density at radius 3 is 2.53 bits per heavy atom. The number of amides is 1. The Balaban J connectivity index is 1.54. The molecule has 0 spiro atoms. The number of benzene rings is 2. The van der Waals surface area contributed by atoms with Crippen molar-refractivity contribution in [3.8, 4) is 0 Å². The van der Waals surface area contributed by atoms with Crippen molar-refractivity contribution in [1.82, 2.24) is 4.98 Å². The van der Waals surface area contributed by atoms with E-state index < -0.39 is 5.91 Å². The molecule has 1 fully saturated rings. The lowest BCUT2D eigenvalue weighted by atomic mass is 9.83. The number of nitrogens with one attached hydrogen (secondary N) is 2. The number of nitrogens with two attached hydrogens (primary N) is 1. The van der Waals surface area contributed by atoms with Crippen molar-refractivity contribution < 1.29 is 4.79 Å². The summed E-state index contributed by atoms with van der Waals surface area (Å²) in [5.41, 5.74) is 9.97. The molecule has 0 radical (unpaired) electrons. The number of rotatable bonds is 12. The van der Waals surface area contributed by atoms with Crippen LogP contribution in [0.3, 0.4) is 0 Å². The molecule has 0 unspecified atom stereocenters. The molecular formula is C28H35N5O. The highest BCUT2D eigenvalue weighted by Gasteiger charge is 2.19. The van der Waals surface area contributed by atoms with Gasteiger partial charge in [0, 0.05) is 31.9 Å². The molecule has 1 amide bonds. The minimum absolute atomic E-state index is 0.378. The first-order valence-corrected chi connectivity index (χ1v) is 12.3. The van der Waals surface area contributed by atoms with E-state index in [0.717, 1.165) is 36.7 Å². The van der Waals surface area contributed by atoms with Crippen LogP contribution in [-0.2, 0) is 6.54 Å². The van der Waals surface area contributed by atoms with Crippen LogP contribution < -0.4 is 21.3 Å². The number of carbonyl (C=O) groups is 1. The predicted molar refractivity (Wildman–Crippen MR) is 141 cm³/mol. The highest BCUT2D eigenvalue weighted by atomic mass is 16.1. The van der Waals surface area contributed by atoms with E-state index in [1.165, 1.54) is 31.4 Å². The number of para-hydroxylation sites is 2. The topological polar surface area (TPSA) is 83.3 Å². The maximum absolute atomic E-state index is 12.0. The zero-order valence-corrected chi connectivity index (χ0v) is 20.0. The number of carbonyl (C=O) groups excluding carboxylic acids is 1. The largest absolute Gasteiger partial charge is 0.380 e. The number of anilines is 4. The summed E-state index contributed by atoms with van der Waals surface area (Å²) in [5.74, 6) is 1.05. The van der Waals surface area contributed by atoms with Crippen molar-refractivity contribution in [2.24, 2.45) is 11.7 Å². The second-order valence-electron chi connectivity index (χ2n) is 9.03. The predicted octanol–water partition coefficient (Wildman–Crippen LogP) is 5.94. The van der Waals surface area contributed by atoms with Crippen LogP contribution >= 0.6 is 0 Å². The molecule has 4 N–H and O–H groups in total. The number of nitrogens with zero attached hydrogens (tertiary/aromatic N) is 2. The summed E-state index contributed by atoms with van der Waals surface area (Å²) >= 11 is 0. The fourth-order valence-electron chi connectivity index (χ4n) is 4.40. The van der Waals surface area contributed by atoms with Crippen molar-refractivity contribution in [2.45, 2.75) is 45.6 Å². The summed E-state index contributed by atoms with van der Waals surface area (Å²) < 4.78 is 0. The Morgan fingerprint density at radius 1 is 1.06 bits per heavy atom. The van der Waals surface area contributed by atoms with Gasteiger partial charge in [-0.2, -0.15) is 0 Å². The summed E-state index contributed by atoms with van der Waals surface area (Å²) in [7, 11) is 0. The third-order valence-electron chi connectivity index (χ3n) is 6.53. The van der Waals surface area contributed by atoms with Gasteiger partial charge >= 0.3 is 0 Å². The number of hydrogen-bond donors (Lipinski definition) is 3. The van der Waals surface area contributed by atoms with E-state index in [-0.39, 0.29) is 0 Å². The number of aromatic nitrogens is 1. The van der Waals surface area contributed by atoms with Crippen molar-refractivity contribution in [2.75, 3.05) is 28.6 Å². The zero-order valence-electron chi connectivity index (χ0n) is 20.0. The second-order valence-corrected chi connectivity index (χ2v) is 9.03. The molecule has 1 saturated carbocycles. The summed E-state index contributed by atoms with van der Waals surface area (Å²) in [6, 6.07) is 20.3. The van der Waals surface area contributed by atoms with Crippen LogP contribution in [0.1, 0.15) is 54.9 Å². The first-order valence-electron chi connectivity index (χ1n) is 12.3. The van der Waals surface area contributed by atoms with Gasteiger partial charge in [0.25, 0.3) is 5.91 Å². The van der Waals surface area contributed by atoms with Gasteiger partial charge in [0.15, 0.2) is 0 Å². The van der Waals surface area contributed by atoms with Gasteiger partial charge in [-0.15, -0.1) is 0 Å². The fourth-order valence-corrected chi connectivity index (χ4v) is 4.40. The molecule has 34 heavy (non-hydrogen) atoms. The standard InChI is InChI=1S/C28H35N5O/c1-2-16-33(17-15-21-11-8-12-21)26-14-7-6-13-24(26)32-27-18-25(23(20-31-27)28(29)34)30-19-22-9-4-3-5-10-22/h3-7,9-10,13-14,18,20-21H,2,8,11-12,15-17,19H2,1H3,(H2,29,34)(H2,30,31,32). The molecule has 0 bridgehead atoms. The average Bonchev–Trinajstić information content (AvgIpc) is 2.82. The monoisotopic (exact) mass is 457 g/mol. The van der Waals surface area contributed by atoms with Gasteiger partial charge in [0.05, 0.1) is 22.6 Å². The first kappa shape index (κ1) is 23.6. The van der Waals surface area contributed by atoms with Crippen LogP contribution in [0.2, 0.25) is 0 Å². The molecule has 0 atom stereocenters. The number of hydrogen-bond acceptors (Lipinski definition) is 5. The zero-order chi connectivity index (χ0) is 23.8. The van der Waals surface area contributed by atoms with E-state index >= 15 is 0 Å². The fraction of sp³-hybridized carbons (Fsp3) is 0.357. The minimum Gasteiger partial charge on any atom is -0.380 e. The highest BCUT2D eigenvalue weighted by molar-refractivity contribution is 5.98. The van der Waals surface area contributed by atoms with Crippen molar-refractivity contribution >= 4 is 28.8 Å². The van der Waals surface area contributed by atoms with Gasteiger partial charge in [-0.05, 0) is 36.5 Å². The van der Waals surface area contributed by atoms with E-state index in [2.05, 4.69) is 45.6 Å². The molecule has 6 nitrogen and oxygen atoms in total. The molecule has 3 aromatic rings. The lowest BCUT2D eigenvalue weighted by Crippen LogP contribution is -2.28. The maximum atomic E-state index is 12.0. The molecule has 6 heteroatoms. The van der Waals surface area contributed by atoms with Gasteiger partial charge in [0.1, 0.15) is 5.82 Å². The molecular weight excluding hydrogens is 422 g/mol. The molecule has 0 aliphatic heterocycles. The van der Waals surface area contributed by atoms with Gasteiger partial charge in [-0.25, -0.2) is 4.98 Å². The van der Waals surface area contributed by atoms with Gasteiger partial charge in [-0.1, -0.05) is 68.7 Å². The Morgan fingerprint density at radius 2 is 1.82 bits per heavy atom. The maximum Gasteiger partial charge on any atom is 0.252 e. The molecule has 1 aromatic heterocycles. The van der Waals surface area contributed by atoms with E-state index in [1.54, 1.807) is 6.20 Å². The van der Waals surface area contributed by atoms with Crippen LogP contribution in [0, 0.1) is 5.92 Å². The molecule has 4 rings (SSSR count). The first-order chi connectivity index (χ1) is 16.6. The third kappa shape index (κ3) is 6.07. The molecule has 1 aliphatic rings. The minimum atomic E-state index is -0.500. The van der Waals surface area contributed by atoms with Gasteiger partial charge in [-0.3, -0.25) is 4.79 Å². The summed E-state index contributed by atoms with van der Waals surface area (Å²) in [6.45, 7) is 4.90. The summed E-state index contributed by atoms with van der Waals surface area (Å²) in [4.78, 5) is 19.0. The van der Waals surface area contributed by atoms with Crippen LogP contribution in [-0.4, -0.2) is 24.0 Å². The van der Waals surface area contributed by atoms with Crippen LogP contribution in [0.15, 0.2) is 66.9 Å². The number of primary amides is 1. The Kier molecular flexibility index (Phi) is 8.02. The van der Waals surface area contributed by atoms with Crippen molar-refractivity contribution in [1.29, 1.82) is 0 Å². The second kappa shape index (κ2) is 11.5. The lowest BCUT2D eigenvalue weighted by molar-refractivity contribution is 0.100. The van der Waals surface area contributed by atoms with Crippen molar-refractivity contribution in [3.05, 3.63) is 78.0 Å². The normalized spacial score (nSPS) is 13.2. The van der Waals surface area contributed by atoms with Crippen LogP contribution in [0.4, 0.5) is 22.9 Å². The quantitative estimate of drug-likeness (QED) is 0.313. The van der Waals surface area contributed by atoms with E-state index in [0.29, 0.717) is 23.6 Å². The number of pyridine rings is 1. The third-order valence-corrected chi connectivity index (χ3v) is 6.53. The van der Waals surface area contributed by atoms with E-state index in [4.69, 9.17) is 5.73 Å². The Hall–Kier alpha value is -3.54. The summed E-state index contributed by atoms with van der Waals surface area (Å²) in [5, 5.41) is 6.84. The van der Waals surface area contributed by atoms with Crippen LogP contribution in [0.5, 0.6) is 0 Å².